The van der Waals surface area contributed by atoms with Gasteiger partial charge in [-0.15, -0.1) is 5.10 Å². The van der Waals surface area contributed by atoms with Crippen LogP contribution in [-0.2, 0) is 14.3 Å². The van der Waals surface area contributed by atoms with Crippen LogP contribution >= 0.6 is 0 Å². The molecule has 2 unspecified atom stereocenters. The van der Waals surface area contributed by atoms with Gasteiger partial charge in [0, 0.05) is 42.2 Å². The lowest BCUT2D eigenvalue weighted by molar-refractivity contribution is -0.148. The summed E-state index contributed by atoms with van der Waals surface area (Å²) in [5.41, 5.74) is 7.82. The Labute approximate surface area is 250 Å². The molecule has 1 aliphatic rings. The molecule has 4 N–H and O–H groups in total. The summed E-state index contributed by atoms with van der Waals surface area (Å²) in [5.74, 6) is 4.64. The number of nitrogens with zero attached hydrogens (tertiary/aromatic N) is 4. The van der Waals surface area contributed by atoms with Crippen LogP contribution in [0.2, 0.25) is 0 Å². The highest BCUT2D eigenvalue weighted by atomic mass is 16.6. The van der Waals surface area contributed by atoms with Crippen LogP contribution in [0.3, 0.4) is 0 Å². The molecule has 0 saturated carbocycles. The van der Waals surface area contributed by atoms with Gasteiger partial charge in [0.1, 0.15) is 5.56 Å². The van der Waals surface area contributed by atoms with Crippen molar-refractivity contribution >= 4 is 40.0 Å². The van der Waals surface area contributed by atoms with Crippen molar-refractivity contribution in [2.24, 2.45) is 0 Å². The summed E-state index contributed by atoms with van der Waals surface area (Å²) in [7, 11) is 0. The molecule has 3 aromatic heterocycles. The Morgan fingerprint density at radius 2 is 1.95 bits per heavy atom. The fourth-order valence-electron chi connectivity index (χ4n) is 5.21. The highest BCUT2D eigenvalue weighted by Crippen LogP contribution is 2.24. The van der Waals surface area contributed by atoms with Crippen molar-refractivity contribution in [1.29, 1.82) is 0 Å². The quantitative estimate of drug-likeness (QED) is 0.201. The summed E-state index contributed by atoms with van der Waals surface area (Å²) >= 11 is 0. The molecule has 44 heavy (non-hydrogen) atoms. The van der Waals surface area contributed by atoms with E-state index in [4.69, 9.17) is 10.5 Å². The van der Waals surface area contributed by atoms with Crippen molar-refractivity contribution in [3.8, 4) is 17.5 Å². The summed E-state index contributed by atoms with van der Waals surface area (Å²) < 4.78 is 7.97. The molecule has 0 bridgehead atoms. The first-order chi connectivity index (χ1) is 21.3. The summed E-state index contributed by atoms with van der Waals surface area (Å²) in [6.07, 6.45) is 2.94. The third kappa shape index (κ3) is 5.34. The maximum absolute atomic E-state index is 14.2. The van der Waals surface area contributed by atoms with Gasteiger partial charge in [-0.2, -0.15) is 0 Å². The molecule has 12 nitrogen and oxygen atoms in total. The topological polar surface area (TPSA) is 163 Å². The fourth-order valence-corrected chi connectivity index (χ4v) is 5.21. The number of anilines is 1. The Morgan fingerprint density at radius 1 is 1.14 bits per heavy atom. The van der Waals surface area contributed by atoms with Crippen LogP contribution in [0.1, 0.15) is 47.4 Å². The van der Waals surface area contributed by atoms with Gasteiger partial charge in [0.2, 0.25) is 0 Å². The molecule has 1 fully saturated rings. The monoisotopic (exact) mass is 589 g/mol. The predicted octanol–water partition coefficient (Wildman–Crippen LogP) is 2.28. The molecule has 0 spiro atoms. The maximum atomic E-state index is 14.2. The Hall–Kier alpha value is -5.96. The summed E-state index contributed by atoms with van der Waals surface area (Å²) in [6.45, 7) is 1.79. The second kappa shape index (κ2) is 11.7. The molecule has 1 saturated heterocycles. The Balaban J connectivity index is 1.35. The number of hydrogen-bond acceptors (Lipinski definition) is 8. The minimum absolute atomic E-state index is 0.0127. The van der Waals surface area contributed by atoms with Crippen molar-refractivity contribution in [3.05, 3.63) is 100 Å². The summed E-state index contributed by atoms with van der Waals surface area (Å²) in [6, 6.07) is 17.3. The lowest BCUT2D eigenvalue weighted by Crippen LogP contribution is -2.34. The summed E-state index contributed by atoms with van der Waals surface area (Å²) in [5, 5.41) is 10.8. The van der Waals surface area contributed by atoms with E-state index in [2.05, 4.69) is 32.6 Å². The van der Waals surface area contributed by atoms with Crippen LogP contribution < -0.4 is 21.9 Å². The molecule has 0 radical (unpaired) electrons. The number of hydrogen-bond donors (Lipinski definition) is 3. The molecule has 0 aliphatic carbocycles. The number of rotatable bonds is 6. The van der Waals surface area contributed by atoms with Crippen molar-refractivity contribution < 1.29 is 19.1 Å². The maximum Gasteiger partial charge on any atom is 0.306 e. The molecule has 220 valence electrons. The van der Waals surface area contributed by atoms with Crippen LogP contribution in [0, 0.1) is 11.8 Å². The number of nitrogens with two attached hydrogens (primary N) is 1. The van der Waals surface area contributed by atoms with Crippen molar-refractivity contribution in [2.75, 3.05) is 12.3 Å². The first kappa shape index (κ1) is 28.2. The molecule has 2 atom stereocenters. The zero-order valence-electron chi connectivity index (χ0n) is 23.6. The molecular formula is C32H27N7O5. The molecule has 12 heteroatoms. The average molecular weight is 590 g/mol. The number of benzene rings is 2. The minimum Gasteiger partial charge on any atom is -0.452 e. The van der Waals surface area contributed by atoms with E-state index >= 15 is 0 Å². The average Bonchev–Trinajstić information content (AvgIpc) is 3.61. The Morgan fingerprint density at radius 3 is 2.73 bits per heavy atom. The van der Waals surface area contributed by atoms with E-state index < -0.39 is 29.9 Å². The second-order valence-corrected chi connectivity index (χ2v) is 10.2. The Bertz CT molecular complexity index is 2060. The largest absolute Gasteiger partial charge is 0.452 e. The number of cyclic esters (lactones) is 1. The molecule has 4 heterocycles. The first-order valence-electron chi connectivity index (χ1n) is 13.9. The highest BCUT2D eigenvalue weighted by molar-refractivity contribution is 6.04. The highest BCUT2D eigenvalue weighted by Gasteiger charge is 2.29. The number of aromatic nitrogens is 4. The number of ether oxygens (including phenoxy) is 1. The van der Waals surface area contributed by atoms with E-state index in [1.807, 2.05) is 24.3 Å². The second-order valence-electron chi connectivity index (χ2n) is 10.2. The smallest absolute Gasteiger partial charge is 0.306 e. The zero-order chi connectivity index (χ0) is 30.8. The van der Waals surface area contributed by atoms with Crippen molar-refractivity contribution in [3.63, 3.8) is 0 Å². The van der Waals surface area contributed by atoms with Gasteiger partial charge >= 0.3 is 5.97 Å². The van der Waals surface area contributed by atoms with E-state index in [0.717, 1.165) is 0 Å². The van der Waals surface area contributed by atoms with Crippen molar-refractivity contribution in [1.82, 2.24) is 29.8 Å². The third-order valence-corrected chi connectivity index (χ3v) is 7.28. The number of nitrogen functional groups attached to an aromatic ring is 1. The van der Waals surface area contributed by atoms with E-state index in [1.54, 1.807) is 60.3 Å². The fraction of sp³-hybridized carbons (Fsp3) is 0.188. The zero-order valence-corrected chi connectivity index (χ0v) is 23.6. The number of carbonyl (C=O) groups excluding carboxylic acids is 3. The van der Waals surface area contributed by atoms with E-state index in [0.29, 0.717) is 39.8 Å². The molecule has 5 aromatic rings. The normalized spacial score (nSPS) is 14.9. The lowest BCUT2D eigenvalue weighted by Gasteiger charge is -2.21. The van der Waals surface area contributed by atoms with Crippen LogP contribution in [0.15, 0.2) is 77.9 Å². The lowest BCUT2D eigenvalue weighted by atomic mass is 10.0. The van der Waals surface area contributed by atoms with Gasteiger partial charge in [0.05, 0.1) is 18.0 Å². The van der Waals surface area contributed by atoms with Crippen LogP contribution in [-0.4, -0.2) is 49.6 Å². The third-order valence-electron chi connectivity index (χ3n) is 7.28. The van der Waals surface area contributed by atoms with Crippen LogP contribution in [0.25, 0.3) is 22.1 Å². The van der Waals surface area contributed by atoms with Crippen LogP contribution in [0.4, 0.5) is 5.82 Å². The number of fused-ring (bicyclic) bond motifs is 2. The first-order valence-corrected chi connectivity index (χ1v) is 13.9. The van der Waals surface area contributed by atoms with E-state index in [-0.39, 0.29) is 29.9 Å². The van der Waals surface area contributed by atoms with E-state index in [1.165, 1.54) is 4.52 Å². The molecule has 2 aromatic carbocycles. The predicted molar refractivity (Wildman–Crippen MR) is 162 cm³/mol. The SMILES string of the molecule is CC(NC(=O)c1c(N)nn2cccnc12)c1cc2cccc(C#CCNC(=O)C3CCC(=O)O3)c2c(=O)n1-c1ccccc1. The number of para-hydroxylation sites is 1. The van der Waals surface area contributed by atoms with Crippen molar-refractivity contribution in [2.45, 2.75) is 31.9 Å². The van der Waals surface area contributed by atoms with Gasteiger partial charge in [-0.3, -0.25) is 23.7 Å². The standard InChI is InChI=1S/C32H27N7O5/c1-19(36-31(42)27-28(33)37-38-17-7-16-34-29(27)38)23-18-21-9-5-8-20(10-6-15-35-30(41)24-13-14-25(40)44-24)26(21)32(43)39(23)22-11-3-2-4-12-22/h2-5,7-9,11-12,16-19,24H,13-15H2,1H3,(H2,33,37)(H,35,41)(H,36,42). The van der Waals surface area contributed by atoms with Gasteiger partial charge in [0.25, 0.3) is 17.4 Å². The van der Waals surface area contributed by atoms with Gasteiger partial charge < -0.3 is 21.1 Å². The number of pyridine rings is 1. The van der Waals surface area contributed by atoms with Gasteiger partial charge in [-0.1, -0.05) is 42.2 Å². The molecule has 6 rings (SSSR count). The van der Waals surface area contributed by atoms with Gasteiger partial charge in [0.15, 0.2) is 17.6 Å². The number of carbonyl (C=O) groups is 3. The minimum atomic E-state index is -0.804. The van der Waals surface area contributed by atoms with Gasteiger partial charge in [-0.05, 0) is 42.6 Å². The van der Waals surface area contributed by atoms with E-state index in [9.17, 15) is 19.2 Å². The molecular weight excluding hydrogens is 562 g/mol. The number of nitrogens with one attached hydrogen (secondary N) is 2. The summed E-state index contributed by atoms with van der Waals surface area (Å²) in [4.78, 5) is 55.4. The number of amides is 2. The molecule has 2 amide bonds. The van der Waals surface area contributed by atoms with Crippen LogP contribution in [0.5, 0.6) is 0 Å². The number of esters is 1. The Kier molecular flexibility index (Phi) is 7.51. The molecule has 1 aliphatic heterocycles. The van der Waals surface area contributed by atoms with Gasteiger partial charge in [-0.25, -0.2) is 9.50 Å².